The first-order valence-corrected chi connectivity index (χ1v) is 7.46. The third-order valence-corrected chi connectivity index (χ3v) is 4.10. The summed E-state index contributed by atoms with van der Waals surface area (Å²) in [6.45, 7) is 0. The first-order valence-electron chi connectivity index (χ1n) is 7.46. The molecular weight excluding hydrogens is 294 g/mol. The molecule has 0 saturated heterocycles. The first-order chi connectivity index (χ1) is 11.1. The summed E-state index contributed by atoms with van der Waals surface area (Å²) in [5.74, 6) is 1.91. The first kappa shape index (κ1) is 13.7. The highest BCUT2D eigenvalue weighted by Crippen LogP contribution is 2.40. The van der Waals surface area contributed by atoms with Crippen LogP contribution < -0.4 is 5.32 Å². The third-order valence-electron chi connectivity index (χ3n) is 4.10. The number of aromatic nitrogens is 3. The zero-order valence-electron chi connectivity index (χ0n) is 12.6. The van der Waals surface area contributed by atoms with Crippen LogP contribution in [-0.2, 0) is 7.05 Å². The van der Waals surface area contributed by atoms with Crippen LogP contribution in [-0.4, -0.2) is 19.5 Å². The molecule has 116 valence electrons. The Morgan fingerprint density at radius 3 is 2.91 bits per heavy atom. The number of nitrogens with one attached hydrogen (secondary N) is 1. The molecule has 1 N–H and O–H groups in total. The summed E-state index contributed by atoms with van der Waals surface area (Å²) in [6, 6.07) is 8.75. The summed E-state index contributed by atoms with van der Waals surface area (Å²) >= 11 is 0. The maximum atomic E-state index is 11.1. The molecule has 0 amide bonds. The number of anilines is 2. The fourth-order valence-corrected chi connectivity index (χ4v) is 2.78. The van der Waals surface area contributed by atoms with Gasteiger partial charge in [-0.15, -0.1) is 0 Å². The van der Waals surface area contributed by atoms with E-state index in [1.807, 2.05) is 25.2 Å². The number of pyridine rings is 1. The molecule has 0 spiro atoms. The Labute approximate surface area is 132 Å². The van der Waals surface area contributed by atoms with E-state index in [2.05, 4.69) is 14.9 Å². The van der Waals surface area contributed by atoms with Gasteiger partial charge in [0.15, 0.2) is 0 Å². The normalized spacial score (nSPS) is 14.1. The fourth-order valence-electron chi connectivity index (χ4n) is 2.78. The molecule has 0 aliphatic heterocycles. The van der Waals surface area contributed by atoms with Crippen LogP contribution in [0.5, 0.6) is 0 Å². The monoisotopic (exact) mass is 309 g/mol. The van der Waals surface area contributed by atoms with Crippen LogP contribution >= 0.6 is 0 Å². The molecular formula is C16H15N5O2. The van der Waals surface area contributed by atoms with Crippen molar-refractivity contribution in [2.24, 2.45) is 7.05 Å². The molecule has 0 bridgehead atoms. The van der Waals surface area contributed by atoms with E-state index in [1.54, 1.807) is 6.07 Å². The van der Waals surface area contributed by atoms with E-state index in [1.165, 1.54) is 25.1 Å². The summed E-state index contributed by atoms with van der Waals surface area (Å²) < 4.78 is 2.12. The molecule has 2 aromatic heterocycles. The van der Waals surface area contributed by atoms with Gasteiger partial charge in [0.25, 0.3) is 0 Å². The van der Waals surface area contributed by atoms with Gasteiger partial charge < -0.3 is 9.88 Å². The lowest BCUT2D eigenvalue weighted by molar-refractivity contribution is -0.384. The van der Waals surface area contributed by atoms with Gasteiger partial charge in [-0.3, -0.25) is 10.1 Å². The number of hydrogen-bond acceptors (Lipinski definition) is 5. The number of nitro groups is 1. The number of fused-ring (bicyclic) bond motifs is 1. The van der Waals surface area contributed by atoms with Crippen molar-refractivity contribution in [3.05, 3.63) is 52.5 Å². The molecule has 1 fully saturated rings. The summed E-state index contributed by atoms with van der Waals surface area (Å²) in [7, 11) is 2.03. The number of benzene rings is 1. The van der Waals surface area contributed by atoms with E-state index >= 15 is 0 Å². The van der Waals surface area contributed by atoms with E-state index < -0.39 is 4.92 Å². The number of imidazole rings is 1. The lowest BCUT2D eigenvalue weighted by Gasteiger charge is -2.06. The average molecular weight is 309 g/mol. The number of rotatable bonds is 4. The lowest BCUT2D eigenvalue weighted by Crippen LogP contribution is -1.99. The third kappa shape index (κ3) is 2.40. The molecule has 0 unspecified atom stereocenters. The van der Waals surface area contributed by atoms with Crippen molar-refractivity contribution in [2.75, 3.05) is 5.32 Å². The summed E-state index contributed by atoms with van der Waals surface area (Å²) in [6.07, 6.45) is 3.92. The van der Waals surface area contributed by atoms with Crippen molar-refractivity contribution in [1.82, 2.24) is 14.5 Å². The van der Waals surface area contributed by atoms with Crippen molar-refractivity contribution in [2.45, 2.75) is 18.8 Å². The van der Waals surface area contributed by atoms with Gasteiger partial charge in [-0.05, 0) is 37.1 Å². The highest BCUT2D eigenvalue weighted by molar-refractivity contribution is 5.82. The van der Waals surface area contributed by atoms with Crippen LogP contribution in [0, 0.1) is 10.1 Å². The molecule has 7 nitrogen and oxygen atoms in total. The Balaban J connectivity index is 1.71. The second-order valence-corrected chi connectivity index (χ2v) is 5.76. The van der Waals surface area contributed by atoms with Crippen molar-refractivity contribution < 1.29 is 4.92 Å². The molecule has 1 aromatic carbocycles. The molecule has 7 heteroatoms. The predicted molar refractivity (Wildman–Crippen MR) is 86.9 cm³/mol. The van der Waals surface area contributed by atoms with Crippen LogP contribution in [0.3, 0.4) is 0 Å². The Hall–Kier alpha value is -2.96. The SMILES string of the molecule is Cn1c(C2CC2)nc2cc(Nc3ncccc3[N+](=O)[O-])ccc21. The van der Waals surface area contributed by atoms with E-state index in [-0.39, 0.29) is 11.5 Å². The van der Waals surface area contributed by atoms with Gasteiger partial charge >= 0.3 is 5.69 Å². The molecule has 1 saturated carbocycles. The highest BCUT2D eigenvalue weighted by Gasteiger charge is 2.28. The topological polar surface area (TPSA) is 85.9 Å². The van der Waals surface area contributed by atoms with Crippen LogP contribution in [0.25, 0.3) is 11.0 Å². The maximum absolute atomic E-state index is 11.1. The standard InChI is InChI=1S/C16H15N5O2/c1-20-13-7-6-11(9-12(13)19-16(20)10-4-5-10)18-15-14(21(22)23)3-2-8-17-15/h2-3,6-10H,4-5H2,1H3,(H,17,18). The highest BCUT2D eigenvalue weighted by atomic mass is 16.6. The second kappa shape index (κ2) is 5.05. The Bertz CT molecular complexity index is 914. The van der Waals surface area contributed by atoms with Gasteiger partial charge in [0.1, 0.15) is 5.82 Å². The second-order valence-electron chi connectivity index (χ2n) is 5.76. The molecule has 2 heterocycles. The van der Waals surface area contributed by atoms with Crippen molar-refractivity contribution in [3.63, 3.8) is 0 Å². The summed E-state index contributed by atoms with van der Waals surface area (Å²) in [5, 5.41) is 14.1. The largest absolute Gasteiger partial charge is 0.334 e. The quantitative estimate of drug-likeness (QED) is 0.589. The van der Waals surface area contributed by atoms with Gasteiger partial charge in [-0.25, -0.2) is 9.97 Å². The van der Waals surface area contributed by atoms with Crippen molar-refractivity contribution in [3.8, 4) is 0 Å². The van der Waals surface area contributed by atoms with E-state index in [0.29, 0.717) is 5.92 Å². The van der Waals surface area contributed by atoms with E-state index in [9.17, 15) is 10.1 Å². The van der Waals surface area contributed by atoms with Gasteiger partial charge in [-0.2, -0.15) is 0 Å². The van der Waals surface area contributed by atoms with Crippen LogP contribution in [0.4, 0.5) is 17.2 Å². The van der Waals surface area contributed by atoms with Crippen LogP contribution in [0.1, 0.15) is 24.6 Å². The summed E-state index contributed by atoms with van der Waals surface area (Å²) in [5.41, 5.74) is 2.64. The molecule has 3 aromatic rings. The van der Waals surface area contributed by atoms with Crippen molar-refractivity contribution in [1.29, 1.82) is 0 Å². The maximum Gasteiger partial charge on any atom is 0.311 e. The van der Waals surface area contributed by atoms with Gasteiger partial charge in [0.05, 0.1) is 16.0 Å². The summed E-state index contributed by atoms with van der Waals surface area (Å²) in [4.78, 5) is 19.4. The minimum absolute atomic E-state index is 0.0488. The molecule has 23 heavy (non-hydrogen) atoms. The molecule has 1 aliphatic rings. The smallest absolute Gasteiger partial charge is 0.311 e. The van der Waals surface area contributed by atoms with Crippen LogP contribution in [0.15, 0.2) is 36.5 Å². The van der Waals surface area contributed by atoms with Crippen molar-refractivity contribution >= 4 is 28.2 Å². The minimum atomic E-state index is -0.445. The Kier molecular flexibility index (Phi) is 3.00. The number of aryl methyl sites for hydroxylation is 1. The fraction of sp³-hybridized carbons (Fsp3) is 0.250. The van der Waals surface area contributed by atoms with Gasteiger partial charge in [0.2, 0.25) is 5.82 Å². The lowest BCUT2D eigenvalue weighted by atomic mass is 10.2. The molecule has 0 atom stereocenters. The molecule has 4 rings (SSSR count). The number of hydrogen-bond donors (Lipinski definition) is 1. The average Bonchev–Trinajstić information content (AvgIpc) is 3.33. The predicted octanol–water partition coefficient (Wildman–Crippen LogP) is 3.50. The van der Waals surface area contributed by atoms with Crippen LogP contribution in [0.2, 0.25) is 0 Å². The van der Waals surface area contributed by atoms with Gasteiger partial charge in [-0.1, -0.05) is 0 Å². The molecule has 0 radical (unpaired) electrons. The molecule has 1 aliphatic carbocycles. The number of nitrogens with zero attached hydrogens (tertiary/aromatic N) is 4. The zero-order chi connectivity index (χ0) is 16.0. The Morgan fingerprint density at radius 1 is 1.35 bits per heavy atom. The van der Waals surface area contributed by atoms with Gasteiger partial charge in [0, 0.05) is 30.9 Å². The zero-order valence-corrected chi connectivity index (χ0v) is 12.6. The minimum Gasteiger partial charge on any atom is -0.334 e. The van der Waals surface area contributed by atoms with E-state index in [4.69, 9.17) is 4.98 Å². The Morgan fingerprint density at radius 2 is 2.17 bits per heavy atom. The van der Waals surface area contributed by atoms with E-state index in [0.717, 1.165) is 22.5 Å².